The van der Waals surface area contributed by atoms with Gasteiger partial charge in [0, 0.05) is 18.7 Å². The lowest BCUT2D eigenvalue weighted by Crippen LogP contribution is -2.32. The standard InChI is InChI=1S/C14H20FNO2/c1-10(2)12(14(17)18-3)9-16-8-11-6-4-5-7-13(11)15/h4-7,10,12,16H,8-9H2,1-3H3. The average Bonchev–Trinajstić information content (AvgIpc) is 2.35. The first-order valence-corrected chi connectivity index (χ1v) is 6.08. The van der Waals surface area contributed by atoms with Gasteiger partial charge in [0.05, 0.1) is 13.0 Å². The fourth-order valence-electron chi connectivity index (χ4n) is 1.75. The minimum absolute atomic E-state index is 0.186. The quantitative estimate of drug-likeness (QED) is 0.791. The van der Waals surface area contributed by atoms with Crippen LogP contribution in [0.4, 0.5) is 4.39 Å². The van der Waals surface area contributed by atoms with E-state index < -0.39 is 0 Å². The van der Waals surface area contributed by atoms with Crippen LogP contribution in [0.5, 0.6) is 0 Å². The fourth-order valence-corrected chi connectivity index (χ4v) is 1.75. The number of methoxy groups -OCH3 is 1. The first-order valence-electron chi connectivity index (χ1n) is 6.08. The number of ether oxygens (including phenoxy) is 1. The molecule has 1 unspecified atom stereocenters. The van der Waals surface area contributed by atoms with E-state index in [-0.39, 0.29) is 23.6 Å². The summed E-state index contributed by atoms with van der Waals surface area (Å²) >= 11 is 0. The summed E-state index contributed by atoms with van der Waals surface area (Å²) in [5.41, 5.74) is 0.602. The van der Waals surface area contributed by atoms with Crippen molar-refractivity contribution in [2.75, 3.05) is 13.7 Å². The van der Waals surface area contributed by atoms with Gasteiger partial charge < -0.3 is 10.1 Å². The van der Waals surface area contributed by atoms with Crippen LogP contribution in [0.3, 0.4) is 0 Å². The molecule has 0 heterocycles. The highest BCUT2D eigenvalue weighted by Crippen LogP contribution is 2.12. The Balaban J connectivity index is 2.49. The van der Waals surface area contributed by atoms with Crippen molar-refractivity contribution in [2.45, 2.75) is 20.4 Å². The summed E-state index contributed by atoms with van der Waals surface area (Å²) in [7, 11) is 1.38. The molecular weight excluding hydrogens is 233 g/mol. The monoisotopic (exact) mass is 253 g/mol. The van der Waals surface area contributed by atoms with Crippen LogP contribution in [0.25, 0.3) is 0 Å². The fraction of sp³-hybridized carbons (Fsp3) is 0.500. The molecule has 3 nitrogen and oxygen atoms in total. The predicted molar refractivity (Wildman–Crippen MR) is 68.5 cm³/mol. The number of halogens is 1. The van der Waals surface area contributed by atoms with E-state index in [0.717, 1.165) is 0 Å². The molecule has 0 aliphatic rings. The maximum atomic E-state index is 13.4. The highest BCUT2D eigenvalue weighted by atomic mass is 19.1. The van der Waals surface area contributed by atoms with Crippen molar-refractivity contribution in [3.05, 3.63) is 35.6 Å². The molecule has 18 heavy (non-hydrogen) atoms. The number of hydrogen-bond acceptors (Lipinski definition) is 3. The average molecular weight is 253 g/mol. The molecule has 0 saturated carbocycles. The van der Waals surface area contributed by atoms with E-state index in [1.807, 2.05) is 13.8 Å². The number of hydrogen-bond donors (Lipinski definition) is 1. The molecule has 0 bridgehead atoms. The van der Waals surface area contributed by atoms with Gasteiger partial charge in [-0.05, 0) is 12.0 Å². The van der Waals surface area contributed by atoms with Crippen molar-refractivity contribution in [3.8, 4) is 0 Å². The molecule has 4 heteroatoms. The Hall–Kier alpha value is -1.42. The van der Waals surface area contributed by atoms with Gasteiger partial charge in [-0.3, -0.25) is 4.79 Å². The lowest BCUT2D eigenvalue weighted by Gasteiger charge is -2.18. The van der Waals surface area contributed by atoms with Crippen molar-refractivity contribution in [2.24, 2.45) is 11.8 Å². The SMILES string of the molecule is COC(=O)C(CNCc1ccccc1F)C(C)C. The summed E-state index contributed by atoms with van der Waals surface area (Å²) in [5, 5.41) is 3.10. The van der Waals surface area contributed by atoms with Crippen molar-refractivity contribution < 1.29 is 13.9 Å². The Bertz CT molecular complexity index is 393. The minimum Gasteiger partial charge on any atom is -0.469 e. The summed E-state index contributed by atoms with van der Waals surface area (Å²) in [5.74, 6) is -0.484. The number of rotatable bonds is 6. The van der Waals surface area contributed by atoms with Crippen LogP contribution >= 0.6 is 0 Å². The second kappa shape index (κ2) is 7.11. The van der Waals surface area contributed by atoms with Gasteiger partial charge in [0.25, 0.3) is 0 Å². The van der Waals surface area contributed by atoms with Crippen LogP contribution in [-0.2, 0) is 16.1 Å². The molecule has 0 radical (unpaired) electrons. The Labute approximate surface area is 107 Å². The summed E-state index contributed by atoms with van der Waals surface area (Å²) < 4.78 is 18.1. The van der Waals surface area contributed by atoms with Gasteiger partial charge in [-0.25, -0.2) is 4.39 Å². The molecule has 0 aliphatic heterocycles. The van der Waals surface area contributed by atoms with Gasteiger partial charge in [0.15, 0.2) is 0 Å². The maximum absolute atomic E-state index is 13.4. The summed E-state index contributed by atoms with van der Waals surface area (Å²) in [6.45, 7) is 4.82. The summed E-state index contributed by atoms with van der Waals surface area (Å²) in [6.07, 6.45) is 0. The number of nitrogens with one attached hydrogen (secondary N) is 1. The summed E-state index contributed by atoms with van der Waals surface area (Å²) in [6, 6.07) is 6.60. The van der Waals surface area contributed by atoms with Gasteiger partial charge in [-0.2, -0.15) is 0 Å². The predicted octanol–water partition coefficient (Wildman–Crippen LogP) is 2.36. The Kier molecular flexibility index (Phi) is 5.78. The highest BCUT2D eigenvalue weighted by molar-refractivity contribution is 5.72. The third-order valence-electron chi connectivity index (χ3n) is 2.95. The van der Waals surface area contributed by atoms with Crippen LogP contribution < -0.4 is 5.32 Å². The molecule has 1 N–H and O–H groups in total. The van der Waals surface area contributed by atoms with Crippen molar-refractivity contribution >= 4 is 5.97 Å². The molecule has 1 atom stereocenters. The zero-order chi connectivity index (χ0) is 13.5. The van der Waals surface area contributed by atoms with E-state index in [4.69, 9.17) is 4.74 Å². The minimum atomic E-state index is -0.232. The number of carbonyl (C=O) groups excluding carboxylic acids is 1. The molecule has 100 valence electrons. The Morgan fingerprint density at radius 2 is 2.06 bits per heavy atom. The van der Waals surface area contributed by atoms with Gasteiger partial charge in [0.1, 0.15) is 5.82 Å². The van der Waals surface area contributed by atoms with E-state index in [2.05, 4.69) is 5.32 Å². The molecule has 0 aromatic heterocycles. The third kappa shape index (κ3) is 4.11. The number of carbonyl (C=O) groups is 1. The Morgan fingerprint density at radius 1 is 1.39 bits per heavy atom. The highest BCUT2D eigenvalue weighted by Gasteiger charge is 2.22. The number of benzene rings is 1. The summed E-state index contributed by atoms with van der Waals surface area (Å²) in [4.78, 5) is 11.5. The van der Waals surface area contributed by atoms with Crippen LogP contribution in [0, 0.1) is 17.7 Å². The molecule has 1 aromatic rings. The molecule has 0 saturated heterocycles. The first kappa shape index (κ1) is 14.6. The Morgan fingerprint density at radius 3 is 2.61 bits per heavy atom. The van der Waals surface area contributed by atoms with Crippen molar-refractivity contribution in [3.63, 3.8) is 0 Å². The maximum Gasteiger partial charge on any atom is 0.310 e. The van der Waals surface area contributed by atoms with Crippen molar-refractivity contribution in [1.29, 1.82) is 0 Å². The topological polar surface area (TPSA) is 38.3 Å². The first-order chi connectivity index (χ1) is 8.56. The van der Waals surface area contributed by atoms with Gasteiger partial charge in [-0.15, -0.1) is 0 Å². The van der Waals surface area contributed by atoms with E-state index in [1.165, 1.54) is 13.2 Å². The lowest BCUT2D eigenvalue weighted by molar-refractivity contribution is -0.146. The molecule has 0 fully saturated rings. The van der Waals surface area contributed by atoms with Crippen LogP contribution in [-0.4, -0.2) is 19.6 Å². The third-order valence-corrected chi connectivity index (χ3v) is 2.95. The second-order valence-electron chi connectivity index (χ2n) is 4.60. The molecule has 1 aromatic carbocycles. The van der Waals surface area contributed by atoms with Gasteiger partial charge in [0.2, 0.25) is 0 Å². The van der Waals surface area contributed by atoms with E-state index in [1.54, 1.807) is 18.2 Å². The lowest BCUT2D eigenvalue weighted by atomic mass is 9.96. The zero-order valence-corrected chi connectivity index (χ0v) is 11.1. The molecule has 0 spiro atoms. The zero-order valence-electron chi connectivity index (χ0n) is 11.1. The normalized spacial score (nSPS) is 12.5. The van der Waals surface area contributed by atoms with Crippen LogP contribution in [0.2, 0.25) is 0 Å². The van der Waals surface area contributed by atoms with E-state index in [9.17, 15) is 9.18 Å². The molecule has 0 aliphatic carbocycles. The second-order valence-corrected chi connectivity index (χ2v) is 4.60. The van der Waals surface area contributed by atoms with E-state index >= 15 is 0 Å². The van der Waals surface area contributed by atoms with Gasteiger partial charge >= 0.3 is 5.97 Å². The van der Waals surface area contributed by atoms with Crippen molar-refractivity contribution in [1.82, 2.24) is 5.32 Å². The van der Waals surface area contributed by atoms with E-state index in [0.29, 0.717) is 18.7 Å². The smallest absolute Gasteiger partial charge is 0.310 e. The van der Waals surface area contributed by atoms with Crippen LogP contribution in [0.15, 0.2) is 24.3 Å². The molecular formula is C14H20FNO2. The van der Waals surface area contributed by atoms with Crippen LogP contribution in [0.1, 0.15) is 19.4 Å². The largest absolute Gasteiger partial charge is 0.469 e. The number of esters is 1. The molecule has 1 rings (SSSR count). The molecule has 0 amide bonds. The van der Waals surface area contributed by atoms with Gasteiger partial charge in [-0.1, -0.05) is 32.0 Å².